The molecule has 0 atom stereocenters. The molecule has 6 nitrogen and oxygen atoms in total. The molecular formula is C38H27BCl2N4O2. The van der Waals surface area contributed by atoms with Crippen molar-refractivity contribution in [3.05, 3.63) is 162 Å². The Morgan fingerprint density at radius 2 is 0.830 bits per heavy atom. The van der Waals surface area contributed by atoms with Gasteiger partial charge in [-0.25, -0.2) is 19.9 Å². The molecule has 228 valence electrons. The van der Waals surface area contributed by atoms with E-state index in [1.807, 2.05) is 36.4 Å². The summed E-state index contributed by atoms with van der Waals surface area (Å²) < 4.78 is 0. The lowest BCUT2D eigenvalue weighted by Crippen LogP contribution is -2.30. The second-order valence-corrected chi connectivity index (χ2v) is 11.2. The first-order valence-electron chi connectivity index (χ1n) is 14.7. The Morgan fingerprint density at radius 3 is 1.30 bits per heavy atom. The monoisotopic (exact) mass is 652 g/mol. The molecule has 0 unspecified atom stereocenters. The number of hydrogen-bond donors (Lipinski definition) is 2. The summed E-state index contributed by atoms with van der Waals surface area (Å²) in [5.74, 6) is 0. The van der Waals surface area contributed by atoms with Gasteiger partial charge >= 0.3 is 7.12 Å². The minimum absolute atomic E-state index is 0.366. The summed E-state index contributed by atoms with van der Waals surface area (Å²) in [6.07, 6.45) is 2.97. The fraction of sp³-hybridized carbons (Fsp3) is 0. The zero-order chi connectivity index (χ0) is 32.6. The quantitative estimate of drug-likeness (QED) is 0.147. The molecule has 9 heteroatoms. The van der Waals surface area contributed by atoms with Gasteiger partial charge in [0, 0.05) is 17.2 Å². The zero-order valence-electron chi connectivity index (χ0n) is 25.0. The van der Waals surface area contributed by atoms with Crippen LogP contribution in [-0.4, -0.2) is 37.1 Å². The van der Waals surface area contributed by atoms with Crippen molar-refractivity contribution < 1.29 is 10.0 Å². The average Bonchev–Trinajstić information content (AvgIpc) is 3.11. The van der Waals surface area contributed by atoms with Gasteiger partial charge in [-0.15, -0.1) is 0 Å². The first-order chi connectivity index (χ1) is 23.0. The Kier molecular flexibility index (Phi) is 10.1. The molecule has 0 fully saturated rings. The Bertz CT molecular complexity index is 2170. The third-order valence-corrected chi connectivity index (χ3v) is 7.91. The molecule has 0 radical (unpaired) electrons. The van der Waals surface area contributed by atoms with Crippen molar-refractivity contribution in [1.29, 1.82) is 0 Å². The molecule has 2 aromatic heterocycles. The molecule has 8 aromatic rings. The van der Waals surface area contributed by atoms with Crippen LogP contribution in [0.3, 0.4) is 0 Å². The third kappa shape index (κ3) is 7.63. The van der Waals surface area contributed by atoms with E-state index in [4.69, 9.17) is 33.2 Å². The van der Waals surface area contributed by atoms with Gasteiger partial charge in [-0.1, -0.05) is 151 Å². The minimum atomic E-state index is -1.40. The Morgan fingerprint density at radius 1 is 0.426 bits per heavy atom. The van der Waals surface area contributed by atoms with E-state index in [1.54, 1.807) is 12.4 Å². The van der Waals surface area contributed by atoms with E-state index in [-0.39, 0.29) is 0 Å². The highest BCUT2D eigenvalue weighted by molar-refractivity contribution is 6.61. The van der Waals surface area contributed by atoms with Crippen LogP contribution in [-0.2, 0) is 0 Å². The molecule has 0 aliphatic carbocycles. The van der Waals surface area contributed by atoms with Crippen molar-refractivity contribution in [3.63, 3.8) is 0 Å². The van der Waals surface area contributed by atoms with Crippen LogP contribution in [0.4, 0.5) is 0 Å². The number of aromatic nitrogens is 4. The second-order valence-electron chi connectivity index (χ2n) is 10.4. The molecule has 0 aliphatic heterocycles. The molecule has 2 N–H and O–H groups in total. The van der Waals surface area contributed by atoms with Gasteiger partial charge in [0.05, 0.1) is 11.4 Å². The second kappa shape index (κ2) is 14.9. The van der Waals surface area contributed by atoms with Crippen LogP contribution in [0, 0.1) is 0 Å². The van der Waals surface area contributed by atoms with Crippen molar-refractivity contribution in [2.45, 2.75) is 0 Å². The van der Waals surface area contributed by atoms with Gasteiger partial charge in [0.15, 0.2) is 0 Å². The highest BCUT2D eigenvalue weighted by atomic mass is 35.5. The molecule has 0 saturated heterocycles. The van der Waals surface area contributed by atoms with Crippen LogP contribution >= 0.6 is 23.2 Å². The number of nitrogens with zero attached hydrogens (tertiary/aromatic N) is 4. The predicted molar refractivity (Wildman–Crippen MR) is 194 cm³/mol. The summed E-state index contributed by atoms with van der Waals surface area (Å²) in [7, 11) is -1.40. The lowest BCUT2D eigenvalue weighted by atomic mass is 9.77. The molecule has 0 amide bonds. The number of benzene rings is 6. The smallest absolute Gasteiger partial charge is 0.423 e. The van der Waals surface area contributed by atoms with E-state index in [9.17, 15) is 0 Å². The van der Waals surface area contributed by atoms with E-state index in [1.165, 1.54) is 33.9 Å². The summed E-state index contributed by atoms with van der Waals surface area (Å²) in [5, 5.41) is 25.6. The maximum absolute atomic E-state index is 9.08. The fourth-order valence-corrected chi connectivity index (χ4v) is 5.69. The van der Waals surface area contributed by atoms with Gasteiger partial charge in [-0.3, -0.25) is 0 Å². The molecule has 0 saturated carbocycles. The van der Waals surface area contributed by atoms with E-state index in [0.717, 1.165) is 33.3 Å². The topological polar surface area (TPSA) is 92.0 Å². The van der Waals surface area contributed by atoms with Crippen LogP contribution in [0.2, 0.25) is 10.3 Å². The van der Waals surface area contributed by atoms with Crippen molar-refractivity contribution in [3.8, 4) is 22.5 Å². The highest BCUT2D eigenvalue weighted by Crippen LogP contribution is 2.31. The summed E-state index contributed by atoms with van der Waals surface area (Å²) in [6.45, 7) is 0. The van der Waals surface area contributed by atoms with Crippen molar-refractivity contribution in [2.24, 2.45) is 0 Å². The van der Waals surface area contributed by atoms with Gasteiger partial charge in [0.25, 0.3) is 0 Å². The van der Waals surface area contributed by atoms with Gasteiger partial charge in [-0.2, -0.15) is 0 Å². The average molecular weight is 653 g/mol. The molecule has 0 bridgehead atoms. The maximum atomic E-state index is 9.08. The van der Waals surface area contributed by atoms with E-state index in [0.29, 0.717) is 15.8 Å². The number of halogens is 2. The lowest BCUT2D eigenvalue weighted by Gasteiger charge is -2.09. The Hall–Kier alpha value is -5.18. The molecule has 6 aromatic carbocycles. The summed E-state index contributed by atoms with van der Waals surface area (Å²) in [6, 6.07) is 46.2. The zero-order valence-corrected chi connectivity index (χ0v) is 26.5. The highest BCUT2D eigenvalue weighted by Gasteiger charge is 2.13. The van der Waals surface area contributed by atoms with E-state index >= 15 is 0 Å². The molecule has 0 aliphatic rings. The van der Waals surface area contributed by atoms with Gasteiger partial charge in [-0.05, 0) is 43.8 Å². The summed E-state index contributed by atoms with van der Waals surface area (Å²) >= 11 is 10.8. The standard InChI is InChI=1S/C24H16N2.C10H9BO2.C4H2Cl2N2/c1-3-11-19-17(7-1)9-5-13-21(19)23-15-24(26-16-25-23)22-14-6-10-18-8-2-4-12-20(18)22;12-11(13)10-7-3-5-8-4-1-2-6-9(8)10;5-3-1-4(6)8-2-7-3/h1-16H;1-7,12-13H;1-2H. The van der Waals surface area contributed by atoms with Crippen molar-refractivity contribution >= 4 is 68.1 Å². The SMILES string of the molecule is Clc1cc(Cl)ncn1.OB(O)c1cccc2ccccc12.c1ccc2c(-c3cc(-c4cccc5ccccc45)ncn3)cccc2c1. The summed E-state index contributed by atoms with van der Waals surface area (Å²) in [4.78, 5) is 16.3. The Balaban J connectivity index is 0.000000152. The normalized spacial score (nSPS) is 10.6. The molecule has 8 rings (SSSR count). The largest absolute Gasteiger partial charge is 0.489 e. The molecule has 2 heterocycles. The lowest BCUT2D eigenvalue weighted by molar-refractivity contribution is 0.426. The van der Waals surface area contributed by atoms with Crippen LogP contribution in [0.1, 0.15) is 0 Å². The van der Waals surface area contributed by atoms with Gasteiger partial charge < -0.3 is 10.0 Å². The minimum Gasteiger partial charge on any atom is -0.423 e. The van der Waals surface area contributed by atoms with Crippen molar-refractivity contribution in [1.82, 2.24) is 19.9 Å². The Labute approximate surface area is 282 Å². The third-order valence-electron chi connectivity index (χ3n) is 7.50. The fourth-order valence-electron chi connectivity index (χ4n) is 5.34. The molecular weight excluding hydrogens is 626 g/mol. The first-order valence-corrected chi connectivity index (χ1v) is 15.5. The predicted octanol–water partition coefficient (Wildman–Crippen LogP) is 8.42. The molecule has 47 heavy (non-hydrogen) atoms. The van der Waals surface area contributed by atoms with Crippen LogP contribution in [0.15, 0.2) is 152 Å². The van der Waals surface area contributed by atoms with E-state index in [2.05, 4.69) is 111 Å². The number of fused-ring (bicyclic) bond motifs is 3. The summed E-state index contributed by atoms with van der Waals surface area (Å²) in [5.41, 5.74) is 4.71. The van der Waals surface area contributed by atoms with Crippen LogP contribution < -0.4 is 5.46 Å². The van der Waals surface area contributed by atoms with Gasteiger partial charge in [0.1, 0.15) is 23.0 Å². The molecule has 0 spiro atoms. The first kappa shape index (κ1) is 31.8. The van der Waals surface area contributed by atoms with E-state index < -0.39 is 7.12 Å². The van der Waals surface area contributed by atoms with Crippen LogP contribution in [0.5, 0.6) is 0 Å². The maximum Gasteiger partial charge on any atom is 0.489 e. The number of rotatable bonds is 3. The van der Waals surface area contributed by atoms with Crippen LogP contribution in [0.25, 0.3) is 54.8 Å². The van der Waals surface area contributed by atoms with Gasteiger partial charge in [0.2, 0.25) is 0 Å². The number of hydrogen-bond acceptors (Lipinski definition) is 6. The van der Waals surface area contributed by atoms with Crippen molar-refractivity contribution in [2.75, 3.05) is 0 Å².